The second-order valence-corrected chi connectivity index (χ2v) is 8.06. The number of H-pyrrole nitrogens is 1. The highest BCUT2D eigenvalue weighted by molar-refractivity contribution is 14.0. The number of hydrogen-bond acceptors (Lipinski definition) is 4. The Labute approximate surface area is 207 Å². The van der Waals surface area contributed by atoms with Crippen LogP contribution >= 0.6 is 24.0 Å². The van der Waals surface area contributed by atoms with Crippen molar-refractivity contribution in [1.29, 1.82) is 0 Å². The highest BCUT2D eigenvalue weighted by Crippen LogP contribution is 2.21. The van der Waals surface area contributed by atoms with Gasteiger partial charge in [0.25, 0.3) is 0 Å². The van der Waals surface area contributed by atoms with Gasteiger partial charge in [-0.15, -0.1) is 24.0 Å². The van der Waals surface area contributed by atoms with Crippen molar-refractivity contribution < 1.29 is 4.74 Å². The number of nitrogens with one attached hydrogen (secondary N) is 3. The normalized spacial score (nSPS) is 16.7. The van der Waals surface area contributed by atoms with Gasteiger partial charge in [-0.25, -0.2) is 4.98 Å². The summed E-state index contributed by atoms with van der Waals surface area (Å²) in [6.45, 7) is 8.25. The molecule has 7 nitrogen and oxygen atoms in total. The molecule has 3 aromatic rings. The number of pyridine rings is 1. The van der Waals surface area contributed by atoms with E-state index in [1.54, 1.807) is 7.05 Å². The van der Waals surface area contributed by atoms with Gasteiger partial charge < -0.3 is 25.3 Å². The van der Waals surface area contributed by atoms with E-state index in [9.17, 15) is 0 Å². The van der Waals surface area contributed by atoms with Gasteiger partial charge in [-0.1, -0.05) is 18.2 Å². The van der Waals surface area contributed by atoms with Crippen molar-refractivity contribution in [2.75, 3.05) is 38.2 Å². The molecule has 1 aromatic carbocycles. The summed E-state index contributed by atoms with van der Waals surface area (Å²) in [4.78, 5) is 14.6. The zero-order valence-electron chi connectivity index (χ0n) is 19.0. The largest absolute Gasteiger partial charge is 0.375 e. The number of guanidine groups is 1. The second kappa shape index (κ2) is 11.5. The molecule has 8 heteroatoms. The van der Waals surface area contributed by atoms with Crippen molar-refractivity contribution in [3.8, 4) is 0 Å². The molecule has 0 spiro atoms. The summed E-state index contributed by atoms with van der Waals surface area (Å²) in [5.41, 5.74) is 5.00. The third-order valence-corrected chi connectivity index (χ3v) is 5.75. The number of aromatic nitrogens is 2. The molecule has 172 valence electrons. The first-order valence-corrected chi connectivity index (χ1v) is 11.0. The van der Waals surface area contributed by atoms with Gasteiger partial charge >= 0.3 is 0 Å². The van der Waals surface area contributed by atoms with E-state index in [-0.39, 0.29) is 30.1 Å². The van der Waals surface area contributed by atoms with E-state index in [0.29, 0.717) is 6.54 Å². The standard InChI is InChI=1S/C24H32N6O.HI/c1-17-5-4-6-21-20(15-28-23(17)21)8-10-27-24(25-3)29-14-19-7-9-26-22(13-19)30-11-12-31-18(2)16-30;/h4-7,9,13,15,18,28H,8,10-12,14,16H2,1-3H3,(H2,25,27,29);1H. The number of nitrogens with zero attached hydrogens (tertiary/aromatic N) is 3. The fourth-order valence-corrected chi connectivity index (χ4v) is 4.06. The lowest BCUT2D eigenvalue weighted by molar-refractivity contribution is 0.0529. The number of para-hydroxylation sites is 1. The predicted molar refractivity (Wildman–Crippen MR) is 142 cm³/mol. The van der Waals surface area contributed by atoms with Gasteiger partial charge in [0.15, 0.2) is 5.96 Å². The van der Waals surface area contributed by atoms with Crippen LogP contribution in [-0.4, -0.2) is 55.3 Å². The molecule has 1 aliphatic rings. The minimum absolute atomic E-state index is 0. The summed E-state index contributed by atoms with van der Waals surface area (Å²) >= 11 is 0. The van der Waals surface area contributed by atoms with E-state index in [1.165, 1.54) is 27.6 Å². The Hall–Kier alpha value is -2.33. The number of rotatable bonds is 6. The average Bonchev–Trinajstić information content (AvgIpc) is 3.21. The predicted octanol–water partition coefficient (Wildman–Crippen LogP) is 3.62. The first-order chi connectivity index (χ1) is 15.1. The molecule has 0 aliphatic carbocycles. The van der Waals surface area contributed by atoms with E-state index in [1.807, 2.05) is 12.3 Å². The summed E-state index contributed by atoms with van der Waals surface area (Å²) in [6.07, 6.45) is 5.16. The van der Waals surface area contributed by atoms with Gasteiger partial charge in [0, 0.05) is 56.5 Å². The molecule has 2 aromatic heterocycles. The van der Waals surface area contributed by atoms with E-state index in [0.717, 1.165) is 44.4 Å². The van der Waals surface area contributed by atoms with E-state index in [2.05, 4.69) is 74.8 Å². The molecule has 0 amide bonds. The minimum atomic E-state index is 0. The Kier molecular flexibility index (Phi) is 8.75. The van der Waals surface area contributed by atoms with Crippen molar-refractivity contribution in [1.82, 2.24) is 20.6 Å². The van der Waals surface area contributed by atoms with Gasteiger partial charge in [-0.05, 0) is 49.1 Å². The Morgan fingerprint density at radius 2 is 2.19 bits per heavy atom. The van der Waals surface area contributed by atoms with Crippen LogP contribution < -0.4 is 15.5 Å². The van der Waals surface area contributed by atoms with Gasteiger partial charge in [-0.3, -0.25) is 4.99 Å². The highest BCUT2D eigenvalue weighted by atomic mass is 127. The van der Waals surface area contributed by atoms with Crippen LogP contribution in [0.4, 0.5) is 5.82 Å². The highest BCUT2D eigenvalue weighted by Gasteiger charge is 2.18. The fraction of sp³-hybridized carbons (Fsp3) is 0.417. The number of halogens is 1. The maximum atomic E-state index is 5.64. The molecule has 4 rings (SSSR count). The number of benzene rings is 1. The number of anilines is 1. The lowest BCUT2D eigenvalue weighted by Gasteiger charge is -2.32. The number of aromatic amines is 1. The van der Waals surface area contributed by atoms with Crippen LogP contribution in [0.5, 0.6) is 0 Å². The Balaban J connectivity index is 0.00000289. The van der Waals surface area contributed by atoms with Crippen LogP contribution in [-0.2, 0) is 17.7 Å². The summed E-state index contributed by atoms with van der Waals surface area (Å²) in [5, 5.41) is 8.13. The second-order valence-electron chi connectivity index (χ2n) is 8.06. The van der Waals surface area contributed by atoms with E-state index >= 15 is 0 Å². The number of aliphatic imine (C=N–C) groups is 1. The quantitative estimate of drug-likeness (QED) is 0.249. The molecule has 1 saturated heterocycles. The van der Waals surface area contributed by atoms with Gasteiger partial charge in [0.05, 0.1) is 12.7 Å². The van der Waals surface area contributed by atoms with Gasteiger partial charge in [0.2, 0.25) is 0 Å². The van der Waals surface area contributed by atoms with Gasteiger partial charge in [0.1, 0.15) is 5.82 Å². The monoisotopic (exact) mass is 548 g/mol. The smallest absolute Gasteiger partial charge is 0.191 e. The van der Waals surface area contributed by atoms with Crippen molar-refractivity contribution in [3.63, 3.8) is 0 Å². The topological polar surface area (TPSA) is 77.6 Å². The minimum Gasteiger partial charge on any atom is -0.375 e. The molecule has 3 heterocycles. The maximum Gasteiger partial charge on any atom is 0.191 e. The van der Waals surface area contributed by atoms with Crippen LogP contribution in [0.15, 0.2) is 47.7 Å². The molecule has 1 unspecified atom stereocenters. The van der Waals surface area contributed by atoms with E-state index in [4.69, 9.17) is 4.74 Å². The molecule has 32 heavy (non-hydrogen) atoms. The molecule has 3 N–H and O–H groups in total. The summed E-state index contributed by atoms with van der Waals surface area (Å²) in [7, 11) is 1.80. The first-order valence-electron chi connectivity index (χ1n) is 11.0. The molecular formula is C24H33IN6O. The number of ether oxygens (including phenoxy) is 1. The average molecular weight is 548 g/mol. The number of fused-ring (bicyclic) bond motifs is 1. The molecular weight excluding hydrogens is 515 g/mol. The zero-order chi connectivity index (χ0) is 21.6. The van der Waals surface area contributed by atoms with Gasteiger partial charge in [-0.2, -0.15) is 0 Å². The van der Waals surface area contributed by atoms with E-state index < -0.39 is 0 Å². The van der Waals surface area contributed by atoms with Crippen LogP contribution in [0.2, 0.25) is 0 Å². The Morgan fingerprint density at radius 3 is 3.00 bits per heavy atom. The molecule has 1 aliphatic heterocycles. The van der Waals surface area contributed by atoms with Crippen molar-refractivity contribution >= 4 is 46.7 Å². The first kappa shape index (κ1) is 24.3. The Morgan fingerprint density at radius 1 is 1.31 bits per heavy atom. The van der Waals surface area contributed by atoms with Crippen molar-refractivity contribution in [2.24, 2.45) is 4.99 Å². The maximum absolute atomic E-state index is 5.64. The van der Waals surface area contributed by atoms with Crippen molar-refractivity contribution in [3.05, 3.63) is 59.4 Å². The zero-order valence-corrected chi connectivity index (χ0v) is 21.3. The van der Waals surface area contributed by atoms with Crippen LogP contribution in [0.1, 0.15) is 23.6 Å². The molecule has 0 bridgehead atoms. The summed E-state index contributed by atoms with van der Waals surface area (Å²) in [6, 6.07) is 10.6. The molecule has 1 atom stereocenters. The molecule has 0 radical (unpaired) electrons. The fourth-order valence-electron chi connectivity index (χ4n) is 4.06. The number of morpholine rings is 1. The lowest BCUT2D eigenvalue weighted by Crippen LogP contribution is -2.41. The SMILES string of the molecule is CN=C(NCCc1c[nH]c2c(C)cccc12)NCc1ccnc(N2CCOC(C)C2)c1.I. The number of aryl methyl sites for hydroxylation is 1. The Bertz CT molecular complexity index is 1050. The van der Waals surface area contributed by atoms with Crippen LogP contribution in [0, 0.1) is 6.92 Å². The molecule has 0 saturated carbocycles. The summed E-state index contributed by atoms with van der Waals surface area (Å²) in [5.74, 6) is 1.81. The summed E-state index contributed by atoms with van der Waals surface area (Å²) < 4.78 is 5.64. The third-order valence-electron chi connectivity index (χ3n) is 5.75. The van der Waals surface area contributed by atoms with Crippen LogP contribution in [0.3, 0.4) is 0 Å². The lowest BCUT2D eigenvalue weighted by atomic mass is 10.1. The van der Waals surface area contributed by atoms with Crippen LogP contribution in [0.25, 0.3) is 10.9 Å². The van der Waals surface area contributed by atoms with Crippen molar-refractivity contribution in [2.45, 2.75) is 32.9 Å². The third kappa shape index (κ3) is 5.92. The molecule has 1 fully saturated rings. The number of hydrogen-bond donors (Lipinski definition) is 3.